The van der Waals surface area contributed by atoms with Gasteiger partial charge in [0.15, 0.2) is 0 Å². The van der Waals surface area contributed by atoms with Crippen LogP contribution in [0.3, 0.4) is 0 Å². The fourth-order valence-corrected chi connectivity index (χ4v) is 5.23. The highest BCUT2D eigenvalue weighted by Gasteiger charge is 2.19. The van der Waals surface area contributed by atoms with Crippen LogP contribution in [-0.2, 0) is 11.2 Å². The van der Waals surface area contributed by atoms with Crippen LogP contribution in [0.4, 0.5) is 0 Å². The van der Waals surface area contributed by atoms with Crippen molar-refractivity contribution in [2.75, 3.05) is 47.1 Å². The van der Waals surface area contributed by atoms with E-state index in [0.717, 1.165) is 71.1 Å². The van der Waals surface area contributed by atoms with Crippen LogP contribution in [-0.4, -0.2) is 66.3 Å². The minimum Gasteiger partial charge on any atom is -0.494 e. The third-order valence-electron chi connectivity index (χ3n) is 7.30. The molecule has 2 aliphatic rings. The van der Waals surface area contributed by atoms with E-state index >= 15 is 0 Å². The number of aromatic nitrogens is 3. The average Bonchev–Trinajstić information content (AvgIpc) is 3.50. The molecule has 1 aromatic carbocycles. The molecule has 4 aromatic rings. The maximum Gasteiger partial charge on any atom is 0.216 e. The number of nitriles is 1. The predicted molar refractivity (Wildman–Crippen MR) is 151 cm³/mol. The van der Waals surface area contributed by atoms with E-state index in [1.54, 1.807) is 26.7 Å². The van der Waals surface area contributed by atoms with E-state index in [4.69, 9.17) is 19.5 Å². The molecule has 3 aromatic heterocycles. The van der Waals surface area contributed by atoms with Crippen molar-refractivity contribution in [3.63, 3.8) is 0 Å². The van der Waals surface area contributed by atoms with E-state index in [0.29, 0.717) is 12.2 Å². The first-order valence-corrected chi connectivity index (χ1v) is 13.6. The van der Waals surface area contributed by atoms with Crippen molar-refractivity contribution in [3.8, 4) is 40.1 Å². The van der Waals surface area contributed by atoms with Crippen LogP contribution >= 0.6 is 0 Å². The van der Waals surface area contributed by atoms with Crippen LogP contribution in [0, 0.1) is 11.3 Å². The van der Waals surface area contributed by atoms with Gasteiger partial charge in [-0.25, -0.2) is 9.97 Å². The fourth-order valence-electron chi connectivity index (χ4n) is 5.23. The highest BCUT2D eigenvalue weighted by atomic mass is 16.5. The summed E-state index contributed by atoms with van der Waals surface area (Å²) in [4.78, 5) is 11.4. The van der Waals surface area contributed by atoms with Gasteiger partial charge >= 0.3 is 0 Å². The lowest BCUT2D eigenvalue weighted by atomic mass is 9.97. The SMILES string of the molecule is COCCN1CCCCC1.COc1cc(-c2ccc(C#N)cc2)c(-c2cnc3c(c2)CCCO3)n2cncc12. The number of likely N-dealkylation sites (tertiary alicyclic amines) is 1. The smallest absolute Gasteiger partial charge is 0.216 e. The molecule has 1 fully saturated rings. The van der Waals surface area contributed by atoms with Crippen LogP contribution in [0.25, 0.3) is 27.9 Å². The summed E-state index contributed by atoms with van der Waals surface area (Å²) in [6, 6.07) is 13.9. The van der Waals surface area contributed by atoms with Crippen molar-refractivity contribution in [1.82, 2.24) is 19.3 Å². The lowest BCUT2D eigenvalue weighted by Gasteiger charge is -2.25. The first-order valence-electron chi connectivity index (χ1n) is 13.6. The van der Waals surface area contributed by atoms with E-state index in [1.807, 2.05) is 40.9 Å². The number of hydrogen-bond donors (Lipinski definition) is 0. The Morgan fingerprint density at radius 2 is 1.82 bits per heavy atom. The van der Waals surface area contributed by atoms with Gasteiger partial charge in [0.25, 0.3) is 0 Å². The number of rotatable bonds is 6. The van der Waals surface area contributed by atoms with Crippen molar-refractivity contribution < 1.29 is 14.2 Å². The summed E-state index contributed by atoms with van der Waals surface area (Å²) in [5, 5.41) is 9.14. The molecule has 0 bridgehead atoms. The molecule has 0 amide bonds. The molecule has 0 atom stereocenters. The molecule has 2 aliphatic heterocycles. The van der Waals surface area contributed by atoms with Gasteiger partial charge in [-0.15, -0.1) is 0 Å². The summed E-state index contributed by atoms with van der Waals surface area (Å²) in [6.45, 7) is 5.29. The standard InChI is InChI=1S/C23H18N4O2.C8H17NO/c1-28-21-10-19(16-6-4-15(11-24)5-7-16)22(27-14-25-13-20(21)27)18-9-17-3-2-8-29-23(17)26-12-18;1-10-8-7-9-5-3-2-4-6-9/h4-7,9-10,12-14H,2-3,8H2,1H3;2-8H2,1H3. The predicted octanol–water partition coefficient (Wildman–Crippen LogP) is 5.39. The third kappa shape index (κ3) is 6.06. The highest BCUT2D eigenvalue weighted by Crippen LogP contribution is 2.39. The van der Waals surface area contributed by atoms with Gasteiger partial charge in [-0.3, -0.25) is 4.40 Å². The molecular formula is C31H35N5O3. The summed E-state index contributed by atoms with van der Waals surface area (Å²) in [5.74, 6) is 1.45. The van der Waals surface area contributed by atoms with Gasteiger partial charge < -0.3 is 19.1 Å². The summed E-state index contributed by atoms with van der Waals surface area (Å²) in [6.07, 6.45) is 11.5. The number of pyridine rings is 2. The molecule has 1 saturated heterocycles. The highest BCUT2D eigenvalue weighted by molar-refractivity contribution is 5.86. The van der Waals surface area contributed by atoms with Crippen LogP contribution in [0.15, 0.2) is 55.1 Å². The van der Waals surface area contributed by atoms with Gasteiger partial charge in [0.05, 0.1) is 50.2 Å². The molecular weight excluding hydrogens is 490 g/mol. The van der Waals surface area contributed by atoms with Crippen LogP contribution in [0.5, 0.6) is 11.6 Å². The van der Waals surface area contributed by atoms with Gasteiger partial charge in [-0.05, 0) is 68.6 Å². The Morgan fingerprint density at radius 1 is 1.00 bits per heavy atom. The van der Waals surface area contributed by atoms with E-state index in [-0.39, 0.29) is 0 Å². The zero-order chi connectivity index (χ0) is 27.0. The van der Waals surface area contributed by atoms with Crippen molar-refractivity contribution in [2.45, 2.75) is 32.1 Å². The van der Waals surface area contributed by atoms with Crippen LogP contribution in [0.1, 0.15) is 36.8 Å². The lowest BCUT2D eigenvalue weighted by Crippen LogP contribution is -2.32. The normalized spacial score (nSPS) is 15.0. The van der Waals surface area contributed by atoms with E-state index in [1.165, 1.54) is 32.4 Å². The number of benzene rings is 1. The number of piperidine rings is 1. The number of ether oxygens (including phenoxy) is 3. The second-order valence-corrected chi connectivity index (χ2v) is 9.85. The number of fused-ring (bicyclic) bond motifs is 2. The Hall–Kier alpha value is -3.93. The maximum atomic E-state index is 9.14. The Kier molecular flexibility index (Phi) is 8.71. The van der Waals surface area contributed by atoms with Crippen molar-refractivity contribution >= 4 is 5.52 Å². The minimum atomic E-state index is 0.624. The number of methoxy groups -OCH3 is 2. The van der Waals surface area contributed by atoms with Gasteiger partial charge in [-0.2, -0.15) is 5.26 Å². The van der Waals surface area contributed by atoms with Crippen LogP contribution in [0.2, 0.25) is 0 Å². The number of hydrogen-bond acceptors (Lipinski definition) is 7. The van der Waals surface area contributed by atoms with Gasteiger partial charge in [0.2, 0.25) is 5.88 Å². The second-order valence-electron chi connectivity index (χ2n) is 9.85. The fraction of sp³-hybridized carbons (Fsp3) is 0.387. The monoisotopic (exact) mass is 525 g/mol. The summed E-state index contributed by atoms with van der Waals surface area (Å²) >= 11 is 0. The molecule has 6 rings (SSSR count). The van der Waals surface area contributed by atoms with Crippen molar-refractivity contribution in [2.24, 2.45) is 0 Å². The van der Waals surface area contributed by atoms with Gasteiger partial charge in [-0.1, -0.05) is 18.6 Å². The molecule has 0 saturated carbocycles. The maximum absolute atomic E-state index is 9.14. The summed E-state index contributed by atoms with van der Waals surface area (Å²) in [5.41, 5.74) is 6.55. The van der Waals surface area contributed by atoms with Crippen molar-refractivity contribution in [1.29, 1.82) is 5.26 Å². The molecule has 0 spiro atoms. The van der Waals surface area contributed by atoms with Crippen LogP contribution < -0.4 is 9.47 Å². The van der Waals surface area contributed by atoms with Crippen molar-refractivity contribution in [3.05, 3.63) is 66.2 Å². The van der Waals surface area contributed by atoms with Gasteiger partial charge in [0.1, 0.15) is 11.3 Å². The molecule has 8 heteroatoms. The molecule has 0 N–H and O–H groups in total. The van der Waals surface area contributed by atoms with E-state index < -0.39 is 0 Å². The Labute approximate surface area is 229 Å². The molecule has 39 heavy (non-hydrogen) atoms. The number of nitrogens with zero attached hydrogens (tertiary/aromatic N) is 5. The Morgan fingerprint density at radius 3 is 2.56 bits per heavy atom. The molecule has 0 radical (unpaired) electrons. The average molecular weight is 526 g/mol. The molecule has 202 valence electrons. The van der Waals surface area contributed by atoms with E-state index in [9.17, 15) is 0 Å². The lowest BCUT2D eigenvalue weighted by molar-refractivity contribution is 0.135. The topological polar surface area (TPSA) is 84.9 Å². The largest absolute Gasteiger partial charge is 0.494 e. The first kappa shape index (κ1) is 26.7. The van der Waals surface area contributed by atoms with E-state index in [2.05, 4.69) is 27.0 Å². The Bertz CT molecular complexity index is 1440. The molecule has 5 heterocycles. The second kappa shape index (κ2) is 12.7. The molecule has 0 aliphatic carbocycles. The molecule has 0 unspecified atom stereocenters. The summed E-state index contributed by atoms with van der Waals surface area (Å²) in [7, 11) is 3.42. The quantitative estimate of drug-likeness (QED) is 0.334. The Balaban J connectivity index is 0.000000261. The minimum absolute atomic E-state index is 0.624. The number of aryl methyl sites for hydroxylation is 1. The zero-order valence-electron chi connectivity index (χ0n) is 22.7. The number of imidazole rings is 1. The summed E-state index contributed by atoms with van der Waals surface area (Å²) < 4.78 is 18.3. The zero-order valence-corrected chi connectivity index (χ0v) is 22.7. The third-order valence-corrected chi connectivity index (χ3v) is 7.30. The molecule has 8 nitrogen and oxygen atoms in total. The first-order chi connectivity index (χ1) is 19.2. The van der Waals surface area contributed by atoms with Gasteiger partial charge in [0, 0.05) is 36.5 Å².